The predicted molar refractivity (Wildman–Crippen MR) is 84.4 cm³/mol. The third-order valence-electron chi connectivity index (χ3n) is 3.71. The molecule has 1 aromatic heterocycles. The number of likely N-dealkylation sites (N-methyl/N-ethyl adjacent to an activating group) is 1. The van der Waals surface area contributed by atoms with Crippen molar-refractivity contribution in [1.82, 2.24) is 5.32 Å². The lowest BCUT2D eigenvalue weighted by molar-refractivity contribution is -0.895. The van der Waals surface area contributed by atoms with Crippen LogP contribution < -0.4 is 20.6 Å². The third kappa shape index (κ3) is 4.52. The van der Waals surface area contributed by atoms with Crippen LogP contribution in [0, 0.1) is 0 Å². The minimum atomic E-state index is -1.13. The largest absolute Gasteiger partial charge is 0.550 e. The second-order valence-corrected chi connectivity index (χ2v) is 6.86. The van der Waals surface area contributed by atoms with Crippen LogP contribution in [-0.2, 0) is 22.6 Å². The van der Waals surface area contributed by atoms with Crippen molar-refractivity contribution in [3.63, 3.8) is 0 Å². The Hall–Kier alpha value is -1.93. The number of nitrogens with one attached hydrogen (secondary N) is 3. The maximum Gasteiger partial charge on any atom is 0.254 e. The van der Waals surface area contributed by atoms with Gasteiger partial charge in [0.1, 0.15) is 11.5 Å². The number of hydrogen-bond acceptors (Lipinski definition) is 5. The van der Waals surface area contributed by atoms with Crippen molar-refractivity contribution in [2.24, 2.45) is 0 Å². The van der Waals surface area contributed by atoms with E-state index in [1.807, 2.05) is 0 Å². The highest BCUT2D eigenvalue weighted by molar-refractivity contribution is 7.17. The molecule has 7 nitrogen and oxygen atoms in total. The zero-order chi connectivity index (χ0) is 17.0. The molecule has 1 aromatic rings. The molecule has 2 amide bonds. The molecule has 0 aliphatic carbocycles. The molecule has 0 bridgehead atoms. The summed E-state index contributed by atoms with van der Waals surface area (Å²) in [7, 11) is 2.10. The van der Waals surface area contributed by atoms with Crippen molar-refractivity contribution in [2.75, 3.05) is 25.5 Å². The van der Waals surface area contributed by atoms with E-state index in [0.717, 1.165) is 30.0 Å². The summed E-state index contributed by atoms with van der Waals surface area (Å²) in [6.45, 7) is 3.46. The summed E-state index contributed by atoms with van der Waals surface area (Å²) >= 11 is 1.45. The van der Waals surface area contributed by atoms with Gasteiger partial charge >= 0.3 is 0 Å². The van der Waals surface area contributed by atoms with Crippen LogP contribution in [-0.4, -0.2) is 37.9 Å². The Morgan fingerprint density at radius 3 is 2.74 bits per heavy atom. The van der Waals surface area contributed by atoms with Crippen LogP contribution >= 0.6 is 11.3 Å². The standard InChI is InChI=1S/C15H21N3O4S/c1-9(19)17-15-13(14(22)16-6-3-4-12(20)21)10-5-7-18(2)8-11(10)23-15/h3-8H2,1-2H3,(H,16,22)(H,17,19)(H,20,21). The summed E-state index contributed by atoms with van der Waals surface area (Å²) in [5.41, 5.74) is 1.53. The molecular weight excluding hydrogens is 318 g/mol. The van der Waals surface area contributed by atoms with Gasteiger partial charge in [-0.25, -0.2) is 0 Å². The van der Waals surface area contributed by atoms with Crippen LogP contribution in [0.15, 0.2) is 0 Å². The number of carbonyl (C=O) groups is 3. The number of rotatable bonds is 6. The number of anilines is 1. The summed E-state index contributed by atoms with van der Waals surface area (Å²) in [6.07, 6.45) is 1.02. The van der Waals surface area contributed by atoms with E-state index in [9.17, 15) is 19.5 Å². The Balaban J connectivity index is 2.16. The van der Waals surface area contributed by atoms with E-state index in [1.54, 1.807) is 0 Å². The van der Waals surface area contributed by atoms with Crippen molar-refractivity contribution < 1.29 is 24.4 Å². The molecule has 1 unspecified atom stereocenters. The fourth-order valence-electron chi connectivity index (χ4n) is 2.63. The van der Waals surface area contributed by atoms with Gasteiger partial charge in [-0.3, -0.25) is 9.59 Å². The zero-order valence-electron chi connectivity index (χ0n) is 13.3. The van der Waals surface area contributed by atoms with E-state index in [-0.39, 0.29) is 24.8 Å². The van der Waals surface area contributed by atoms with Crippen LogP contribution in [0.1, 0.15) is 40.6 Å². The topological polar surface area (TPSA) is 103 Å². The first-order chi connectivity index (χ1) is 10.9. The molecule has 0 radical (unpaired) electrons. The van der Waals surface area contributed by atoms with E-state index in [0.29, 0.717) is 17.0 Å². The van der Waals surface area contributed by atoms with E-state index in [2.05, 4.69) is 17.7 Å². The number of amides is 2. The second-order valence-electron chi connectivity index (χ2n) is 5.75. The highest BCUT2D eigenvalue weighted by atomic mass is 32.1. The lowest BCUT2D eigenvalue weighted by atomic mass is 10.0. The summed E-state index contributed by atoms with van der Waals surface area (Å²) in [6, 6.07) is 0. The predicted octanol–water partition coefficient (Wildman–Crippen LogP) is -1.46. The van der Waals surface area contributed by atoms with Crippen molar-refractivity contribution in [3.8, 4) is 0 Å². The first-order valence-corrected chi connectivity index (χ1v) is 8.41. The van der Waals surface area contributed by atoms with E-state index in [1.165, 1.54) is 23.2 Å². The lowest BCUT2D eigenvalue weighted by Gasteiger charge is -2.20. The van der Waals surface area contributed by atoms with Crippen molar-refractivity contribution >= 4 is 34.1 Å². The highest BCUT2D eigenvalue weighted by Crippen LogP contribution is 2.34. The van der Waals surface area contributed by atoms with Gasteiger partial charge in [-0.05, 0) is 18.4 Å². The smallest absolute Gasteiger partial charge is 0.254 e. The summed E-state index contributed by atoms with van der Waals surface area (Å²) in [5.74, 6) is -1.60. The van der Waals surface area contributed by atoms with Gasteiger partial charge in [0.2, 0.25) is 5.91 Å². The molecule has 1 atom stereocenters. The SMILES string of the molecule is CC(=O)Nc1sc2c(c1C(=O)NCCCC(=O)[O-])CC[NH+](C)C2. The van der Waals surface area contributed by atoms with Crippen LogP contribution in [0.25, 0.3) is 0 Å². The fraction of sp³-hybridized carbons (Fsp3) is 0.533. The molecule has 1 aliphatic heterocycles. The molecule has 23 heavy (non-hydrogen) atoms. The number of carboxylic acids is 1. The van der Waals surface area contributed by atoms with Gasteiger partial charge in [0.25, 0.3) is 5.91 Å². The minimum Gasteiger partial charge on any atom is -0.550 e. The maximum absolute atomic E-state index is 12.5. The van der Waals surface area contributed by atoms with Gasteiger partial charge < -0.3 is 25.4 Å². The number of quaternary nitrogens is 1. The molecule has 2 rings (SSSR count). The van der Waals surface area contributed by atoms with Gasteiger partial charge in [-0.15, -0.1) is 11.3 Å². The summed E-state index contributed by atoms with van der Waals surface area (Å²) < 4.78 is 0. The average molecular weight is 339 g/mol. The molecular formula is C15H21N3O4S. The lowest BCUT2D eigenvalue weighted by Crippen LogP contribution is -3.08. The molecule has 126 valence electrons. The quantitative estimate of drug-likeness (QED) is 0.551. The third-order valence-corrected chi connectivity index (χ3v) is 4.86. The average Bonchev–Trinajstić information content (AvgIpc) is 2.79. The van der Waals surface area contributed by atoms with E-state index < -0.39 is 5.97 Å². The molecule has 0 saturated heterocycles. The van der Waals surface area contributed by atoms with Gasteiger partial charge in [-0.2, -0.15) is 0 Å². The van der Waals surface area contributed by atoms with Crippen LogP contribution in [0.2, 0.25) is 0 Å². The Morgan fingerprint density at radius 2 is 2.09 bits per heavy atom. The molecule has 8 heteroatoms. The minimum absolute atomic E-state index is 0.0886. The van der Waals surface area contributed by atoms with Crippen LogP contribution in [0.5, 0.6) is 0 Å². The molecule has 1 aliphatic rings. The normalized spacial score (nSPS) is 16.5. The fourth-order valence-corrected chi connectivity index (χ4v) is 4.04. The Bertz CT molecular complexity index is 626. The van der Waals surface area contributed by atoms with Gasteiger partial charge in [0.15, 0.2) is 0 Å². The molecule has 0 aromatic carbocycles. The van der Waals surface area contributed by atoms with Gasteiger partial charge in [0.05, 0.1) is 24.0 Å². The molecule has 0 fully saturated rings. The maximum atomic E-state index is 12.5. The van der Waals surface area contributed by atoms with E-state index in [4.69, 9.17) is 0 Å². The number of carboxylic acid groups (broad SMARTS) is 1. The number of fused-ring (bicyclic) bond motifs is 1. The number of carbonyl (C=O) groups excluding carboxylic acids is 3. The van der Waals surface area contributed by atoms with Gasteiger partial charge in [-0.1, -0.05) is 0 Å². The first kappa shape index (κ1) is 17.4. The van der Waals surface area contributed by atoms with Crippen molar-refractivity contribution in [3.05, 3.63) is 16.0 Å². The monoisotopic (exact) mass is 339 g/mol. The van der Waals surface area contributed by atoms with E-state index >= 15 is 0 Å². The zero-order valence-corrected chi connectivity index (χ0v) is 14.1. The summed E-state index contributed by atoms with van der Waals surface area (Å²) in [4.78, 5) is 36.8. The molecule has 0 saturated carbocycles. The number of aliphatic carboxylic acids is 1. The highest BCUT2D eigenvalue weighted by Gasteiger charge is 2.28. The van der Waals surface area contributed by atoms with Crippen molar-refractivity contribution in [1.29, 1.82) is 0 Å². The Kier molecular flexibility index (Phi) is 5.73. The summed E-state index contributed by atoms with van der Waals surface area (Å²) in [5, 5.41) is 16.5. The second kappa shape index (κ2) is 7.56. The van der Waals surface area contributed by atoms with Crippen LogP contribution in [0.4, 0.5) is 5.00 Å². The first-order valence-electron chi connectivity index (χ1n) is 7.60. The number of hydrogen-bond donors (Lipinski definition) is 3. The Morgan fingerprint density at radius 1 is 1.35 bits per heavy atom. The molecule has 0 spiro atoms. The Labute approximate surface area is 138 Å². The molecule has 3 N–H and O–H groups in total. The van der Waals surface area contributed by atoms with Crippen LogP contribution in [0.3, 0.4) is 0 Å². The van der Waals surface area contributed by atoms with Gasteiger partial charge in [0, 0.05) is 25.9 Å². The van der Waals surface area contributed by atoms with Crippen molar-refractivity contribution in [2.45, 2.75) is 32.7 Å². The number of thiophene rings is 1. The molecule has 2 heterocycles.